The molecular weight excluding hydrogens is 236 g/mol. The number of nitro groups is 1. The van der Waals surface area contributed by atoms with E-state index in [1.54, 1.807) is 14.1 Å². The molecule has 0 aromatic heterocycles. The maximum absolute atomic E-state index is 10.8. The fourth-order valence-electron chi connectivity index (χ4n) is 1.19. The SMILES string of the molecule is CN(C)c1ccc(S(=O)(=O)O)cc1[N+](=O)[O-]. The van der Waals surface area contributed by atoms with Crippen LogP contribution in [0.2, 0.25) is 0 Å². The van der Waals surface area contributed by atoms with Crippen molar-refractivity contribution in [3.8, 4) is 0 Å². The van der Waals surface area contributed by atoms with Crippen LogP contribution in [0.4, 0.5) is 11.4 Å². The summed E-state index contributed by atoms with van der Waals surface area (Å²) in [5.74, 6) is 0. The lowest BCUT2D eigenvalue weighted by atomic mass is 10.2. The largest absolute Gasteiger partial charge is 0.372 e. The molecule has 0 saturated carbocycles. The van der Waals surface area contributed by atoms with E-state index in [2.05, 4.69) is 0 Å². The van der Waals surface area contributed by atoms with Gasteiger partial charge in [0.05, 0.1) is 4.92 Å². The summed E-state index contributed by atoms with van der Waals surface area (Å²) in [5, 5.41) is 10.7. The average Bonchev–Trinajstić information content (AvgIpc) is 2.15. The highest BCUT2D eigenvalue weighted by Crippen LogP contribution is 2.29. The Morgan fingerprint density at radius 3 is 2.31 bits per heavy atom. The molecular formula is C8H10N2O5S. The van der Waals surface area contributed by atoms with Crippen molar-refractivity contribution < 1.29 is 17.9 Å². The van der Waals surface area contributed by atoms with Gasteiger partial charge in [0.25, 0.3) is 15.8 Å². The molecule has 0 radical (unpaired) electrons. The minimum atomic E-state index is -4.42. The van der Waals surface area contributed by atoms with Gasteiger partial charge in [-0.15, -0.1) is 0 Å². The van der Waals surface area contributed by atoms with Crippen LogP contribution in [-0.4, -0.2) is 32.0 Å². The topological polar surface area (TPSA) is 101 Å². The molecule has 88 valence electrons. The molecule has 1 aromatic carbocycles. The number of benzene rings is 1. The van der Waals surface area contributed by atoms with Gasteiger partial charge < -0.3 is 4.90 Å². The molecule has 0 atom stereocenters. The lowest BCUT2D eigenvalue weighted by Gasteiger charge is -2.12. The summed E-state index contributed by atoms with van der Waals surface area (Å²) in [5.41, 5.74) is -0.113. The van der Waals surface area contributed by atoms with E-state index in [0.717, 1.165) is 12.1 Å². The third-order valence-corrected chi connectivity index (χ3v) is 2.77. The van der Waals surface area contributed by atoms with E-state index < -0.39 is 19.9 Å². The van der Waals surface area contributed by atoms with Gasteiger partial charge >= 0.3 is 0 Å². The summed E-state index contributed by atoms with van der Waals surface area (Å²) in [4.78, 5) is 11.0. The summed E-state index contributed by atoms with van der Waals surface area (Å²) in [6.07, 6.45) is 0. The maximum atomic E-state index is 10.8. The van der Waals surface area contributed by atoms with Crippen LogP contribution in [-0.2, 0) is 10.1 Å². The second kappa shape index (κ2) is 4.06. The normalized spacial score (nSPS) is 11.2. The summed E-state index contributed by atoms with van der Waals surface area (Å²) in [6, 6.07) is 3.20. The van der Waals surface area contributed by atoms with Crippen LogP contribution < -0.4 is 4.90 Å². The van der Waals surface area contributed by atoms with Crippen LogP contribution in [0.3, 0.4) is 0 Å². The predicted octanol–water partition coefficient (Wildman–Crippen LogP) is 0.907. The van der Waals surface area contributed by atoms with Gasteiger partial charge in [0.2, 0.25) is 0 Å². The summed E-state index contributed by atoms with van der Waals surface area (Å²) in [6.45, 7) is 0. The number of nitrogens with zero attached hydrogens (tertiary/aromatic N) is 2. The van der Waals surface area contributed by atoms with Crippen molar-refractivity contribution in [3.05, 3.63) is 28.3 Å². The number of anilines is 1. The zero-order chi connectivity index (χ0) is 12.5. The summed E-state index contributed by atoms with van der Waals surface area (Å²) >= 11 is 0. The predicted molar refractivity (Wildman–Crippen MR) is 57.2 cm³/mol. The van der Waals surface area contributed by atoms with Gasteiger partial charge in [0, 0.05) is 20.2 Å². The lowest BCUT2D eigenvalue weighted by molar-refractivity contribution is -0.384. The molecule has 0 spiro atoms. The van der Waals surface area contributed by atoms with Gasteiger partial charge in [-0.1, -0.05) is 0 Å². The number of hydrogen-bond donors (Lipinski definition) is 1. The Morgan fingerprint density at radius 1 is 1.38 bits per heavy atom. The third kappa shape index (κ3) is 2.47. The third-order valence-electron chi connectivity index (χ3n) is 1.92. The standard InChI is InChI=1S/C8H10N2O5S/c1-9(2)7-4-3-6(16(13,14)15)5-8(7)10(11)12/h3-5H,1-2H3,(H,13,14,15). The molecule has 7 nitrogen and oxygen atoms in total. The van der Waals surface area contributed by atoms with E-state index in [1.165, 1.54) is 11.0 Å². The van der Waals surface area contributed by atoms with Gasteiger partial charge in [0.15, 0.2) is 0 Å². The molecule has 0 aliphatic heterocycles. The molecule has 8 heteroatoms. The Kier molecular flexibility index (Phi) is 3.15. The van der Waals surface area contributed by atoms with E-state index in [1.807, 2.05) is 0 Å². The van der Waals surface area contributed by atoms with E-state index in [0.29, 0.717) is 0 Å². The fraction of sp³-hybridized carbons (Fsp3) is 0.250. The molecule has 0 bridgehead atoms. The molecule has 16 heavy (non-hydrogen) atoms. The Morgan fingerprint density at radius 2 is 1.94 bits per heavy atom. The Balaban J connectivity index is 3.46. The van der Waals surface area contributed by atoms with Crippen LogP contribution in [0.5, 0.6) is 0 Å². The Hall–Kier alpha value is -1.67. The summed E-state index contributed by atoms with van der Waals surface area (Å²) < 4.78 is 30.4. The smallest absolute Gasteiger partial charge is 0.294 e. The highest BCUT2D eigenvalue weighted by Gasteiger charge is 2.20. The van der Waals surface area contributed by atoms with Crippen LogP contribution >= 0.6 is 0 Å². The Bertz CT molecular complexity index is 523. The molecule has 0 heterocycles. The molecule has 0 fully saturated rings. The first-order valence-corrected chi connectivity index (χ1v) is 5.60. The molecule has 0 aliphatic rings. The number of hydrogen-bond acceptors (Lipinski definition) is 5. The van der Waals surface area contributed by atoms with Crippen LogP contribution in [0.15, 0.2) is 23.1 Å². The van der Waals surface area contributed by atoms with Gasteiger partial charge in [0.1, 0.15) is 10.6 Å². The molecule has 0 saturated heterocycles. The van der Waals surface area contributed by atoms with Crippen LogP contribution in [0.25, 0.3) is 0 Å². The van der Waals surface area contributed by atoms with Crippen molar-refractivity contribution in [3.63, 3.8) is 0 Å². The monoisotopic (exact) mass is 246 g/mol. The van der Waals surface area contributed by atoms with Gasteiger partial charge in [-0.2, -0.15) is 8.42 Å². The second-order valence-corrected chi connectivity index (χ2v) is 4.70. The van der Waals surface area contributed by atoms with Crippen molar-refractivity contribution in [2.45, 2.75) is 4.90 Å². The van der Waals surface area contributed by atoms with E-state index in [9.17, 15) is 18.5 Å². The van der Waals surface area contributed by atoms with E-state index in [-0.39, 0.29) is 11.4 Å². The van der Waals surface area contributed by atoms with E-state index in [4.69, 9.17) is 4.55 Å². The minimum absolute atomic E-state index is 0.261. The lowest BCUT2D eigenvalue weighted by Crippen LogP contribution is -2.11. The second-order valence-electron chi connectivity index (χ2n) is 3.28. The summed E-state index contributed by atoms with van der Waals surface area (Å²) in [7, 11) is -1.24. The zero-order valence-electron chi connectivity index (χ0n) is 8.61. The van der Waals surface area contributed by atoms with Crippen molar-refractivity contribution in [2.24, 2.45) is 0 Å². The zero-order valence-corrected chi connectivity index (χ0v) is 9.43. The Labute approximate surface area is 92.2 Å². The first-order chi connectivity index (χ1) is 7.23. The van der Waals surface area contributed by atoms with Gasteiger partial charge in [-0.05, 0) is 12.1 Å². The molecule has 0 aliphatic carbocycles. The molecule has 1 aromatic rings. The minimum Gasteiger partial charge on any atom is -0.372 e. The molecule has 1 N–H and O–H groups in total. The highest BCUT2D eigenvalue weighted by molar-refractivity contribution is 7.85. The van der Waals surface area contributed by atoms with Crippen LogP contribution in [0, 0.1) is 10.1 Å². The highest BCUT2D eigenvalue weighted by atomic mass is 32.2. The quantitative estimate of drug-likeness (QED) is 0.483. The number of nitro benzene ring substituents is 1. The van der Waals surface area contributed by atoms with E-state index >= 15 is 0 Å². The van der Waals surface area contributed by atoms with Crippen molar-refractivity contribution in [2.75, 3.05) is 19.0 Å². The number of rotatable bonds is 3. The average molecular weight is 246 g/mol. The first-order valence-electron chi connectivity index (χ1n) is 4.16. The van der Waals surface area contributed by atoms with Crippen LogP contribution in [0.1, 0.15) is 0 Å². The van der Waals surface area contributed by atoms with Crippen molar-refractivity contribution >= 4 is 21.5 Å². The first kappa shape index (κ1) is 12.4. The molecule has 1 rings (SSSR count). The van der Waals surface area contributed by atoms with Crippen molar-refractivity contribution in [1.82, 2.24) is 0 Å². The molecule has 0 amide bonds. The van der Waals surface area contributed by atoms with Gasteiger partial charge in [-0.3, -0.25) is 14.7 Å². The maximum Gasteiger partial charge on any atom is 0.294 e. The van der Waals surface area contributed by atoms with Gasteiger partial charge in [-0.25, -0.2) is 0 Å². The van der Waals surface area contributed by atoms with Crippen molar-refractivity contribution in [1.29, 1.82) is 0 Å². The molecule has 0 unspecified atom stereocenters. The fourth-order valence-corrected chi connectivity index (χ4v) is 1.69.